The first kappa shape index (κ1) is 13.9. The minimum atomic E-state index is -0.564. The molecule has 2 atom stereocenters. The van der Waals surface area contributed by atoms with Crippen LogP contribution in [-0.2, 0) is 4.74 Å². The molecule has 1 saturated heterocycles. The highest BCUT2D eigenvalue weighted by atomic mass is 16.5. The number of aliphatic hydroxyl groups is 1. The lowest BCUT2D eigenvalue weighted by Gasteiger charge is -2.17. The molecule has 1 aliphatic rings. The van der Waals surface area contributed by atoms with Crippen LogP contribution < -0.4 is 11.1 Å². The SMILES string of the molecule is Nc1nc(N[C@@H]2COC[C@H]2O)c2ccc(-c3ccn[nH]3)cc2n1. The fraction of sp³-hybridized carbons (Fsp3) is 0.267. The Morgan fingerprint density at radius 2 is 2.17 bits per heavy atom. The standard InChI is InChI=1S/C15H16N6O2/c16-15-19-11-5-8(10-3-4-17-21-10)1-2-9(11)14(20-15)18-12-6-23-7-13(12)22/h1-5,12-13,22H,6-7H2,(H,17,21)(H3,16,18,19,20)/t12-,13-/m1/s1. The zero-order chi connectivity index (χ0) is 15.8. The number of nitrogens with zero attached hydrogens (tertiary/aromatic N) is 3. The number of hydrogen-bond donors (Lipinski definition) is 4. The van der Waals surface area contributed by atoms with Gasteiger partial charge in [0.05, 0.1) is 36.6 Å². The molecule has 23 heavy (non-hydrogen) atoms. The fourth-order valence-electron chi connectivity index (χ4n) is 2.70. The van der Waals surface area contributed by atoms with Crippen molar-refractivity contribution in [1.29, 1.82) is 0 Å². The van der Waals surface area contributed by atoms with Crippen molar-refractivity contribution >= 4 is 22.7 Å². The lowest BCUT2D eigenvalue weighted by molar-refractivity contribution is 0.125. The van der Waals surface area contributed by atoms with Crippen LogP contribution in [-0.4, -0.2) is 50.6 Å². The van der Waals surface area contributed by atoms with Crippen LogP contribution in [0.4, 0.5) is 11.8 Å². The molecule has 1 aromatic carbocycles. The van der Waals surface area contributed by atoms with Crippen LogP contribution in [0.15, 0.2) is 30.5 Å². The van der Waals surface area contributed by atoms with Gasteiger partial charge in [-0.05, 0) is 18.2 Å². The van der Waals surface area contributed by atoms with E-state index in [2.05, 4.69) is 25.5 Å². The van der Waals surface area contributed by atoms with E-state index in [1.165, 1.54) is 0 Å². The summed E-state index contributed by atoms with van der Waals surface area (Å²) in [5.41, 5.74) is 8.41. The van der Waals surface area contributed by atoms with Crippen LogP contribution in [0.3, 0.4) is 0 Å². The van der Waals surface area contributed by atoms with Crippen LogP contribution in [0.25, 0.3) is 22.2 Å². The number of H-pyrrole nitrogens is 1. The van der Waals surface area contributed by atoms with E-state index in [0.29, 0.717) is 19.0 Å². The van der Waals surface area contributed by atoms with Crippen molar-refractivity contribution in [1.82, 2.24) is 20.2 Å². The van der Waals surface area contributed by atoms with Gasteiger partial charge in [-0.2, -0.15) is 10.1 Å². The quantitative estimate of drug-likeness (QED) is 0.563. The summed E-state index contributed by atoms with van der Waals surface area (Å²) in [5.74, 6) is 0.772. The topological polar surface area (TPSA) is 122 Å². The van der Waals surface area contributed by atoms with Crippen LogP contribution >= 0.6 is 0 Å². The largest absolute Gasteiger partial charge is 0.388 e. The van der Waals surface area contributed by atoms with E-state index in [4.69, 9.17) is 10.5 Å². The molecule has 2 aromatic heterocycles. The first-order valence-electron chi connectivity index (χ1n) is 7.30. The Hall–Kier alpha value is -2.71. The smallest absolute Gasteiger partial charge is 0.222 e. The third-order valence-electron chi connectivity index (χ3n) is 3.90. The maximum Gasteiger partial charge on any atom is 0.222 e. The summed E-state index contributed by atoms with van der Waals surface area (Å²) in [6, 6.07) is 7.49. The molecular formula is C15H16N6O2. The fourth-order valence-corrected chi connectivity index (χ4v) is 2.70. The molecular weight excluding hydrogens is 296 g/mol. The second-order valence-corrected chi connectivity index (χ2v) is 5.49. The normalized spacial score (nSPS) is 20.9. The summed E-state index contributed by atoms with van der Waals surface area (Å²) in [7, 11) is 0. The number of ether oxygens (including phenoxy) is 1. The number of rotatable bonds is 3. The number of nitrogens with two attached hydrogens (primary N) is 1. The lowest BCUT2D eigenvalue weighted by Crippen LogP contribution is -2.32. The molecule has 0 aliphatic carbocycles. The molecule has 1 aliphatic heterocycles. The van der Waals surface area contributed by atoms with E-state index in [-0.39, 0.29) is 12.0 Å². The Balaban J connectivity index is 1.76. The number of nitrogens with one attached hydrogen (secondary N) is 2. The summed E-state index contributed by atoms with van der Waals surface area (Å²) in [5, 5.41) is 20.8. The summed E-state index contributed by atoms with van der Waals surface area (Å²) >= 11 is 0. The van der Waals surface area contributed by atoms with Gasteiger partial charge in [0.15, 0.2) is 0 Å². The highest BCUT2D eigenvalue weighted by Crippen LogP contribution is 2.27. The Kier molecular flexibility index (Phi) is 3.32. The van der Waals surface area contributed by atoms with Gasteiger partial charge in [0, 0.05) is 17.1 Å². The van der Waals surface area contributed by atoms with Gasteiger partial charge in [0.25, 0.3) is 0 Å². The third-order valence-corrected chi connectivity index (χ3v) is 3.90. The van der Waals surface area contributed by atoms with E-state index in [9.17, 15) is 5.11 Å². The highest BCUT2D eigenvalue weighted by Gasteiger charge is 2.27. The van der Waals surface area contributed by atoms with E-state index >= 15 is 0 Å². The van der Waals surface area contributed by atoms with Gasteiger partial charge in [-0.15, -0.1) is 0 Å². The number of fused-ring (bicyclic) bond motifs is 1. The van der Waals surface area contributed by atoms with Crippen molar-refractivity contribution in [3.05, 3.63) is 30.5 Å². The molecule has 0 unspecified atom stereocenters. The van der Waals surface area contributed by atoms with Gasteiger partial charge in [-0.3, -0.25) is 5.10 Å². The van der Waals surface area contributed by atoms with Gasteiger partial charge in [0.1, 0.15) is 5.82 Å². The van der Waals surface area contributed by atoms with Crippen molar-refractivity contribution in [2.75, 3.05) is 24.3 Å². The third kappa shape index (κ3) is 2.58. The number of nitrogen functional groups attached to an aromatic ring is 1. The van der Waals surface area contributed by atoms with Crippen molar-refractivity contribution in [2.45, 2.75) is 12.1 Å². The minimum Gasteiger partial charge on any atom is -0.388 e. The summed E-state index contributed by atoms with van der Waals surface area (Å²) in [6.07, 6.45) is 1.13. The average molecular weight is 312 g/mol. The van der Waals surface area contributed by atoms with Crippen LogP contribution in [0.2, 0.25) is 0 Å². The molecule has 4 rings (SSSR count). The maximum absolute atomic E-state index is 9.89. The lowest BCUT2D eigenvalue weighted by atomic mass is 10.1. The van der Waals surface area contributed by atoms with Crippen LogP contribution in [0, 0.1) is 0 Å². The van der Waals surface area contributed by atoms with Gasteiger partial charge < -0.3 is 20.9 Å². The molecule has 8 heteroatoms. The Bertz CT molecular complexity index is 835. The second kappa shape index (κ2) is 5.49. The summed E-state index contributed by atoms with van der Waals surface area (Å²) in [6.45, 7) is 0.749. The van der Waals surface area contributed by atoms with Gasteiger partial charge >= 0.3 is 0 Å². The maximum atomic E-state index is 9.89. The summed E-state index contributed by atoms with van der Waals surface area (Å²) < 4.78 is 5.25. The number of aliphatic hydroxyl groups excluding tert-OH is 1. The van der Waals surface area contributed by atoms with Gasteiger partial charge in [0.2, 0.25) is 5.95 Å². The van der Waals surface area contributed by atoms with Gasteiger partial charge in [-0.1, -0.05) is 6.07 Å². The number of anilines is 2. The van der Waals surface area contributed by atoms with Crippen LogP contribution in [0.1, 0.15) is 0 Å². The van der Waals surface area contributed by atoms with Crippen molar-refractivity contribution in [3.8, 4) is 11.3 Å². The summed E-state index contributed by atoms with van der Waals surface area (Å²) in [4.78, 5) is 8.56. The van der Waals surface area contributed by atoms with E-state index < -0.39 is 6.10 Å². The molecule has 3 heterocycles. The Morgan fingerprint density at radius 1 is 1.26 bits per heavy atom. The first-order chi connectivity index (χ1) is 11.2. The predicted molar refractivity (Wildman–Crippen MR) is 85.8 cm³/mol. The molecule has 1 fully saturated rings. The van der Waals surface area contributed by atoms with Crippen molar-refractivity contribution < 1.29 is 9.84 Å². The van der Waals surface area contributed by atoms with E-state index in [0.717, 1.165) is 22.2 Å². The number of aromatic nitrogens is 4. The number of aromatic amines is 1. The number of hydrogen-bond acceptors (Lipinski definition) is 7. The molecule has 5 N–H and O–H groups in total. The number of benzene rings is 1. The van der Waals surface area contributed by atoms with E-state index in [1.54, 1.807) is 6.20 Å². The highest BCUT2D eigenvalue weighted by molar-refractivity contribution is 5.92. The molecule has 0 amide bonds. The van der Waals surface area contributed by atoms with Crippen LogP contribution in [0.5, 0.6) is 0 Å². The second-order valence-electron chi connectivity index (χ2n) is 5.49. The zero-order valence-electron chi connectivity index (χ0n) is 12.2. The molecule has 0 radical (unpaired) electrons. The first-order valence-corrected chi connectivity index (χ1v) is 7.30. The van der Waals surface area contributed by atoms with E-state index in [1.807, 2.05) is 24.3 Å². The molecule has 0 bridgehead atoms. The Morgan fingerprint density at radius 3 is 2.91 bits per heavy atom. The molecule has 118 valence electrons. The van der Waals surface area contributed by atoms with Gasteiger partial charge in [-0.25, -0.2) is 4.98 Å². The molecule has 0 saturated carbocycles. The molecule has 3 aromatic rings. The van der Waals surface area contributed by atoms with Crippen molar-refractivity contribution in [3.63, 3.8) is 0 Å². The Labute approximate surface area is 131 Å². The molecule has 0 spiro atoms. The monoisotopic (exact) mass is 312 g/mol. The average Bonchev–Trinajstić information content (AvgIpc) is 3.19. The minimum absolute atomic E-state index is 0.176. The predicted octanol–water partition coefficient (Wildman–Crippen LogP) is 0.774. The zero-order valence-corrected chi connectivity index (χ0v) is 12.2. The molecule has 8 nitrogen and oxygen atoms in total. The van der Waals surface area contributed by atoms with Crippen molar-refractivity contribution in [2.24, 2.45) is 0 Å².